The number of benzene rings is 1. The summed E-state index contributed by atoms with van der Waals surface area (Å²) in [5, 5.41) is 1.04. The topological polar surface area (TPSA) is 61.0 Å². The zero-order valence-electron chi connectivity index (χ0n) is 10.2. The van der Waals surface area contributed by atoms with Crippen LogP contribution in [0.15, 0.2) is 30.5 Å². The Morgan fingerprint density at radius 3 is 2.72 bits per heavy atom. The fourth-order valence-electron chi connectivity index (χ4n) is 2.37. The molecule has 2 aromatic rings. The number of rotatable bonds is 2. The third-order valence-electron chi connectivity index (χ3n) is 3.46. The molecule has 1 fully saturated rings. The summed E-state index contributed by atoms with van der Waals surface area (Å²) in [7, 11) is 0. The van der Waals surface area contributed by atoms with E-state index < -0.39 is 0 Å². The second-order valence-corrected chi connectivity index (χ2v) is 4.87. The molecule has 2 N–H and O–H groups in total. The van der Waals surface area contributed by atoms with Gasteiger partial charge in [-0.2, -0.15) is 4.98 Å². The summed E-state index contributed by atoms with van der Waals surface area (Å²) in [4.78, 5) is 8.68. The van der Waals surface area contributed by atoms with Crippen molar-refractivity contribution in [2.24, 2.45) is 5.73 Å². The lowest BCUT2D eigenvalue weighted by Crippen LogP contribution is -2.32. The smallest absolute Gasteiger partial charge is 0.317 e. The third kappa shape index (κ3) is 2.43. The summed E-state index contributed by atoms with van der Waals surface area (Å²) in [6, 6.07) is 8.74. The van der Waals surface area contributed by atoms with Crippen molar-refractivity contribution < 1.29 is 4.74 Å². The molecule has 0 amide bonds. The van der Waals surface area contributed by atoms with Gasteiger partial charge in [0.2, 0.25) is 0 Å². The molecule has 0 unspecified atom stereocenters. The van der Waals surface area contributed by atoms with Crippen LogP contribution in [0, 0.1) is 0 Å². The molecule has 1 aromatic carbocycles. The molecule has 1 heterocycles. The highest BCUT2D eigenvalue weighted by molar-refractivity contribution is 5.77. The maximum Gasteiger partial charge on any atom is 0.317 e. The van der Waals surface area contributed by atoms with Crippen LogP contribution >= 0.6 is 0 Å². The minimum Gasteiger partial charge on any atom is -0.460 e. The van der Waals surface area contributed by atoms with Gasteiger partial charge in [0.15, 0.2) is 0 Å². The molecule has 94 valence electrons. The molecule has 0 spiro atoms. The molecule has 18 heavy (non-hydrogen) atoms. The molecule has 0 bridgehead atoms. The molecule has 4 nitrogen and oxygen atoms in total. The monoisotopic (exact) mass is 243 g/mol. The number of fused-ring (bicyclic) bond motifs is 1. The van der Waals surface area contributed by atoms with E-state index in [1.807, 2.05) is 30.5 Å². The van der Waals surface area contributed by atoms with E-state index in [1.165, 1.54) is 0 Å². The Morgan fingerprint density at radius 2 is 1.89 bits per heavy atom. The maximum atomic E-state index is 5.88. The van der Waals surface area contributed by atoms with E-state index >= 15 is 0 Å². The second kappa shape index (κ2) is 4.90. The van der Waals surface area contributed by atoms with Crippen molar-refractivity contribution in [3.63, 3.8) is 0 Å². The van der Waals surface area contributed by atoms with Gasteiger partial charge in [-0.3, -0.25) is 0 Å². The number of para-hydroxylation sites is 1. The number of nitrogens with two attached hydrogens (primary N) is 1. The van der Waals surface area contributed by atoms with Gasteiger partial charge in [0.25, 0.3) is 0 Å². The van der Waals surface area contributed by atoms with Crippen LogP contribution in [0.3, 0.4) is 0 Å². The first kappa shape index (κ1) is 11.4. The average Bonchev–Trinajstić information content (AvgIpc) is 2.41. The van der Waals surface area contributed by atoms with Crippen LogP contribution in [-0.4, -0.2) is 22.1 Å². The Kier molecular flexibility index (Phi) is 3.11. The highest BCUT2D eigenvalue weighted by Gasteiger charge is 2.20. The zero-order valence-corrected chi connectivity index (χ0v) is 10.2. The van der Waals surface area contributed by atoms with Gasteiger partial charge in [0.05, 0.1) is 5.52 Å². The minimum absolute atomic E-state index is 0.214. The maximum absolute atomic E-state index is 5.88. The summed E-state index contributed by atoms with van der Waals surface area (Å²) in [6.45, 7) is 0. The van der Waals surface area contributed by atoms with Crippen molar-refractivity contribution in [2.75, 3.05) is 0 Å². The van der Waals surface area contributed by atoms with Crippen molar-refractivity contribution in [3.05, 3.63) is 30.5 Å². The molecule has 3 rings (SSSR count). The van der Waals surface area contributed by atoms with Gasteiger partial charge in [0.1, 0.15) is 6.10 Å². The van der Waals surface area contributed by atoms with Crippen LogP contribution in [-0.2, 0) is 0 Å². The lowest BCUT2D eigenvalue weighted by molar-refractivity contribution is 0.135. The van der Waals surface area contributed by atoms with Gasteiger partial charge in [-0.05, 0) is 31.7 Å². The molecular weight excluding hydrogens is 226 g/mol. The van der Waals surface area contributed by atoms with E-state index in [2.05, 4.69) is 9.97 Å². The summed E-state index contributed by atoms with van der Waals surface area (Å²) in [5.41, 5.74) is 6.80. The standard InChI is InChI=1S/C14H17N3O/c15-11-5-7-12(8-6-11)18-14-16-9-10-3-1-2-4-13(10)17-14/h1-4,9,11-12H,5-8,15H2. The predicted octanol–water partition coefficient (Wildman–Crippen LogP) is 2.28. The third-order valence-corrected chi connectivity index (χ3v) is 3.46. The first-order valence-corrected chi connectivity index (χ1v) is 6.45. The van der Waals surface area contributed by atoms with Gasteiger partial charge in [-0.1, -0.05) is 18.2 Å². The van der Waals surface area contributed by atoms with Gasteiger partial charge in [0, 0.05) is 17.6 Å². The fourth-order valence-corrected chi connectivity index (χ4v) is 2.37. The van der Waals surface area contributed by atoms with Crippen LogP contribution in [0.25, 0.3) is 10.9 Å². The molecular formula is C14H17N3O. The zero-order chi connectivity index (χ0) is 12.4. The van der Waals surface area contributed by atoms with Crippen molar-refractivity contribution >= 4 is 10.9 Å². The Morgan fingerprint density at radius 1 is 1.11 bits per heavy atom. The largest absolute Gasteiger partial charge is 0.460 e. The van der Waals surface area contributed by atoms with Crippen LogP contribution < -0.4 is 10.5 Å². The van der Waals surface area contributed by atoms with Gasteiger partial charge < -0.3 is 10.5 Å². The number of aromatic nitrogens is 2. The molecule has 1 aliphatic rings. The van der Waals surface area contributed by atoms with E-state index in [-0.39, 0.29) is 6.10 Å². The van der Waals surface area contributed by atoms with Crippen molar-refractivity contribution in [1.29, 1.82) is 0 Å². The number of hydrogen-bond acceptors (Lipinski definition) is 4. The average molecular weight is 243 g/mol. The Balaban J connectivity index is 1.74. The summed E-state index contributed by atoms with van der Waals surface area (Å²) in [5.74, 6) is 0. The van der Waals surface area contributed by atoms with Crippen LogP contribution in [0.5, 0.6) is 6.01 Å². The quantitative estimate of drug-likeness (QED) is 0.879. The van der Waals surface area contributed by atoms with Crippen LogP contribution in [0.1, 0.15) is 25.7 Å². The Hall–Kier alpha value is -1.68. The van der Waals surface area contributed by atoms with E-state index in [0.717, 1.165) is 36.6 Å². The van der Waals surface area contributed by atoms with Crippen molar-refractivity contribution in [2.45, 2.75) is 37.8 Å². The Bertz CT molecular complexity index is 535. The van der Waals surface area contributed by atoms with Crippen molar-refractivity contribution in [3.8, 4) is 6.01 Å². The summed E-state index contributed by atoms with van der Waals surface area (Å²) >= 11 is 0. The molecule has 4 heteroatoms. The van der Waals surface area contributed by atoms with Gasteiger partial charge >= 0.3 is 6.01 Å². The highest BCUT2D eigenvalue weighted by Crippen LogP contribution is 2.22. The van der Waals surface area contributed by atoms with E-state index in [4.69, 9.17) is 10.5 Å². The molecule has 0 aliphatic heterocycles. The van der Waals surface area contributed by atoms with Crippen molar-refractivity contribution in [1.82, 2.24) is 9.97 Å². The number of nitrogens with zero attached hydrogens (tertiary/aromatic N) is 2. The lowest BCUT2D eigenvalue weighted by atomic mass is 9.94. The van der Waals surface area contributed by atoms with E-state index in [1.54, 1.807) is 0 Å². The SMILES string of the molecule is NC1CCC(Oc2ncc3ccccc3n2)CC1. The lowest BCUT2D eigenvalue weighted by Gasteiger charge is -2.25. The summed E-state index contributed by atoms with van der Waals surface area (Å²) in [6.07, 6.45) is 6.07. The number of ether oxygens (including phenoxy) is 1. The summed E-state index contributed by atoms with van der Waals surface area (Å²) < 4.78 is 5.83. The molecule has 0 radical (unpaired) electrons. The fraction of sp³-hybridized carbons (Fsp3) is 0.429. The van der Waals surface area contributed by atoms with E-state index in [9.17, 15) is 0 Å². The van der Waals surface area contributed by atoms with Crippen LogP contribution in [0.4, 0.5) is 0 Å². The molecule has 0 atom stereocenters. The highest BCUT2D eigenvalue weighted by atomic mass is 16.5. The second-order valence-electron chi connectivity index (χ2n) is 4.87. The predicted molar refractivity (Wildman–Crippen MR) is 70.4 cm³/mol. The Labute approximate surface area is 106 Å². The van der Waals surface area contributed by atoms with Crippen LogP contribution in [0.2, 0.25) is 0 Å². The molecule has 1 saturated carbocycles. The number of hydrogen-bond donors (Lipinski definition) is 1. The van der Waals surface area contributed by atoms with Gasteiger partial charge in [-0.25, -0.2) is 4.98 Å². The first-order chi connectivity index (χ1) is 8.81. The van der Waals surface area contributed by atoms with Gasteiger partial charge in [-0.15, -0.1) is 0 Å². The first-order valence-electron chi connectivity index (χ1n) is 6.45. The molecule has 1 aliphatic carbocycles. The van der Waals surface area contributed by atoms with E-state index in [0.29, 0.717) is 12.1 Å². The minimum atomic E-state index is 0.214. The molecule has 1 aromatic heterocycles. The molecule has 0 saturated heterocycles. The normalized spacial score (nSPS) is 24.1.